The molecule has 1 N–H and O–H groups in total. The molecule has 1 saturated heterocycles. The van der Waals surface area contributed by atoms with Crippen molar-refractivity contribution < 1.29 is 9.59 Å². The van der Waals surface area contributed by atoms with Gasteiger partial charge in [0.25, 0.3) is 0 Å². The van der Waals surface area contributed by atoms with E-state index >= 15 is 0 Å². The average molecular weight is 466 g/mol. The van der Waals surface area contributed by atoms with Crippen LogP contribution in [0, 0.1) is 5.92 Å². The highest BCUT2D eigenvalue weighted by Gasteiger charge is 2.20. The zero-order valence-electron chi connectivity index (χ0n) is 18.1. The Morgan fingerprint density at radius 2 is 1.66 bits per heavy atom. The average Bonchev–Trinajstić information content (AvgIpc) is 3.28. The van der Waals surface area contributed by atoms with Crippen molar-refractivity contribution in [2.45, 2.75) is 19.8 Å². The van der Waals surface area contributed by atoms with Crippen LogP contribution >= 0.6 is 23.1 Å². The van der Waals surface area contributed by atoms with E-state index in [-0.39, 0.29) is 17.6 Å². The van der Waals surface area contributed by atoms with E-state index in [1.807, 2.05) is 40.6 Å². The van der Waals surface area contributed by atoms with Gasteiger partial charge in [-0.1, -0.05) is 61.5 Å². The molecule has 0 aliphatic carbocycles. The number of carbonyl (C=O) groups is 2. The SMILES string of the molecule is CC1CCN(C(=O)CSCC(=O)Nc2nc(-c3ccc(-c4ccccc4)cc3)cs2)CC1. The molecule has 2 aromatic carbocycles. The molecule has 0 radical (unpaired) electrons. The van der Waals surface area contributed by atoms with E-state index < -0.39 is 0 Å². The van der Waals surface area contributed by atoms with Crippen LogP contribution in [0.1, 0.15) is 19.8 Å². The number of nitrogens with zero attached hydrogens (tertiary/aromatic N) is 2. The number of piperidine rings is 1. The number of amides is 2. The van der Waals surface area contributed by atoms with E-state index in [2.05, 4.69) is 41.5 Å². The van der Waals surface area contributed by atoms with Gasteiger partial charge in [-0.2, -0.15) is 0 Å². The zero-order valence-corrected chi connectivity index (χ0v) is 19.8. The number of thiazole rings is 1. The maximum Gasteiger partial charge on any atom is 0.236 e. The van der Waals surface area contributed by atoms with Crippen molar-refractivity contribution in [3.8, 4) is 22.4 Å². The molecule has 1 aliphatic rings. The second-order valence-corrected chi connectivity index (χ2v) is 9.93. The minimum absolute atomic E-state index is 0.129. The summed E-state index contributed by atoms with van der Waals surface area (Å²) in [5, 5.41) is 5.37. The number of thioether (sulfide) groups is 1. The van der Waals surface area contributed by atoms with Crippen molar-refractivity contribution in [1.82, 2.24) is 9.88 Å². The van der Waals surface area contributed by atoms with Gasteiger partial charge >= 0.3 is 0 Å². The number of benzene rings is 2. The Bertz CT molecular complexity index is 1040. The number of likely N-dealkylation sites (tertiary alicyclic amines) is 1. The maximum absolute atomic E-state index is 12.3. The number of hydrogen-bond donors (Lipinski definition) is 1. The minimum atomic E-state index is -0.129. The summed E-state index contributed by atoms with van der Waals surface area (Å²) >= 11 is 2.77. The van der Waals surface area contributed by atoms with Gasteiger partial charge < -0.3 is 10.2 Å². The van der Waals surface area contributed by atoms with Gasteiger partial charge in [0.05, 0.1) is 17.2 Å². The smallest absolute Gasteiger partial charge is 0.236 e. The van der Waals surface area contributed by atoms with Crippen LogP contribution in [0.4, 0.5) is 5.13 Å². The van der Waals surface area contributed by atoms with Gasteiger partial charge in [0.2, 0.25) is 11.8 Å². The number of carbonyl (C=O) groups excluding carboxylic acids is 2. The number of aromatic nitrogens is 1. The molecule has 2 amide bonds. The van der Waals surface area contributed by atoms with E-state index in [9.17, 15) is 9.59 Å². The van der Waals surface area contributed by atoms with Crippen LogP contribution in [0.3, 0.4) is 0 Å². The predicted octanol–water partition coefficient (Wildman–Crippen LogP) is 5.41. The molecule has 1 aliphatic heterocycles. The first-order chi connectivity index (χ1) is 15.6. The molecule has 32 heavy (non-hydrogen) atoms. The first-order valence-electron chi connectivity index (χ1n) is 10.9. The summed E-state index contributed by atoms with van der Waals surface area (Å²) in [7, 11) is 0. The molecule has 0 spiro atoms. The highest BCUT2D eigenvalue weighted by Crippen LogP contribution is 2.27. The third kappa shape index (κ3) is 5.99. The molecule has 0 unspecified atom stereocenters. The van der Waals surface area contributed by atoms with E-state index in [0.717, 1.165) is 42.8 Å². The molecule has 5 nitrogen and oxygen atoms in total. The van der Waals surface area contributed by atoms with Gasteiger partial charge in [0.1, 0.15) is 0 Å². The van der Waals surface area contributed by atoms with Crippen molar-refractivity contribution in [2.24, 2.45) is 5.92 Å². The van der Waals surface area contributed by atoms with Crippen molar-refractivity contribution >= 4 is 40.0 Å². The lowest BCUT2D eigenvalue weighted by Gasteiger charge is -2.30. The zero-order chi connectivity index (χ0) is 22.3. The van der Waals surface area contributed by atoms with Crippen LogP contribution in [-0.2, 0) is 9.59 Å². The molecule has 4 rings (SSSR count). The van der Waals surface area contributed by atoms with Gasteiger partial charge in [-0.05, 0) is 29.9 Å². The number of nitrogens with one attached hydrogen (secondary N) is 1. The molecule has 0 saturated carbocycles. The predicted molar refractivity (Wildman–Crippen MR) is 134 cm³/mol. The summed E-state index contributed by atoms with van der Waals surface area (Å²) in [5.74, 6) is 1.29. The second kappa shape index (κ2) is 10.8. The summed E-state index contributed by atoms with van der Waals surface area (Å²) in [4.78, 5) is 31.0. The number of rotatable bonds is 7. The van der Waals surface area contributed by atoms with Crippen molar-refractivity contribution in [3.63, 3.8) is 0 Å². The van der Waals surface area contributed by atoms with Gasteiger partial charge in [-0.3, -0.25) is 9.59 Å². The van der Waals surface area contributed by atoms with Gasteiger partial charge in [-0.25, -0.2) is 4.98 Å². The number of hydrogen-bond acceptors (Lipinski definition) is 5. The number of anilines is 1. The molecule has 2 heterocycles. The molecule has 1 fully saturated rings. The Balaban J connectivity index is 1.25. The fourth-order valence-corrected chi connectivity index (χ4v) is 5.12. The molecule has 0 atom stereocenters. The van der Waals surface area contributed by atoms with Gasteiger partial charge in [-0.15, -0.1) is 23.1 Å². The summed E-state index contributed by atoms with van der Waals surface area (Å²) < 4.78 is 0. The molecule has 1 aromatic heterocycles. The van der Waals surface area contributed by atoms with E-state index in [0.29, 0.717) is 16.8 Å². The molecule has 7 heteroatoms. The molecular formula is C25H27N3O2S2. The van der Waals surface area contributed by atoms with Crippen LogP contribution in [0.5, 0.6) is 0 Å². The quantitative estimate of drug-likeness (QED) is 0.507. The summed E-state index contributed by atoms with van der Waals surface area (Å²) in [6.07, 6.45) is 2.14. The van der Waals surface area contributed by atoms with E-state index in [4.69, 9.17) is 0 Å². The Hall–Kier alpha value is -2.64. The van der Waals surface area contributed by atoms with Crippen LogP contribution < -0.4 is 5.32 Å². The third-order valence-electron chi connectivity index (χ3n) is 5.63. The fraction of sp³-hybridized carbons (Fsp3) is 0.320. The highest BCUT2D eigenvalue weighted by atomic mass is 32.2. The van der Waals surface area contributed by atoms with Crippen molar-refractivity contribution in [2.75, 3.05) is 29.9 Å². The van der Waals surface area contributed by atoms with Gasteiger partial charge in [0.15, 0.2) is 5.13 Å². The molecular weight excluding hydrogens is 438 g/mol. The van der Waals surface area contributed by atoms with Crippen molar-refractivity contribution in [3.05, 3.63) is 60.0 Å². The lowest BCUT2D eigenvalue weighted by atomic mass is 9.99. The monoisotopic (exact) mass is 465 g/mol. The van der Waals surface area contributed by atoms with Crippen LogP contribution in [0.15, 0.2) is 60.0 Å². The molecule has 3 aromatic rings. The largest absolute Gasteiger partial charge is 0.342 e. The maximum atomic E-state index is 12.3. The first kappa shape index (κ1) is 22.6. The van der Waals surface area contributed by atoms with E-state index in [1.165, 1.54) is 28.7 Å². The Labute approximate surface area is 197 Å². The minimum Gasteiger partial charge on any atom is -0.342 e. The fourth-order valence-electron chi connectivity index (χ4n) is 3.66. The van der Waals surface area contributed by atoms with Crippen LogP contribution in [0.25, 0.3) is 22.4 Å². The van der Waals surface area contributed by atoms with Gasteiger partial charge in [0, 0.05) is 24.0 Å². The molecule has 0 bridgehead atoms. The standard InChI is InChI=1S/C25H27N3O2S2/c1-18-11-13-28(14-12-18)24(30)17-31-16-23(29)27-25-26-22(15-32-25)21-9-7-20(8-10-21)19-5-3-2-4-6-19/h2-10,15,18H,11-14,16-17H2,1H3,(H,26,27,29). The Kier molecular flexibility index (Phi) is 7.60. The molecule has 166 valence electrons. The van der Waals surface area contributed by atoms with Crippen LogP contribution in [-0.4, -0.2) is 46.3 Å². The second-order valence-electron chi connectivity index (χ2n) is 8.09. The third-order valence-corrected chi connectivity index (χ3v) is 7.31. The Morgan fingerprint density at radius 3 is 2.38 bits per heavy atom. The van der Waals surface area contributed by atoms with E-state index in [1.54, 1.807) is 0 Å². The summed E-state index contributed by atoms with van der Waals surface area (Å²) in [6.45, 7) is 3.90. The first-order valence-corrected chi connectivity index (χ1v) is 12.9. The lowest BCUT2D eigenvalue weighted by molar-refractivity contribution is -0.129. The van der Waals surface area contributed by atoms with Crippen molar-refractivity contribution in [1.29, 1.82) is 0 Å². The summed E-state index contributed by atoms with van der Waals surface area (Å²) in [6, 6.07) is 18.5. The van der Waals surface area contributed by atoms with Crippen LogP contribution in [0.2, 0.25) is 0 Å². The summed E-state index contributed by atoms with van der Waals surface area (Å²) in [5.41, 5.74) is 4.18. The Morgan fingerprint density at radius 1 is 1.00 bits per heavy atom. The normalized spacial score (nSPS) is 14.3. The lowest BCUT2D eigenvalue weighted by Crippen LogP contribution is -2.39. The topological polar surface area (TPSA) is 62.3 Å². The highest BCUT2D eigenvalue weighted by molar-refractivity contribution is 8.00.